The highest BCUT2D eigenvalue weighted by Gasteiger charge is 2.20. The lowest BCUT2D eigenvalue weighted by molar-refractivity contribution is 0.155. The number of anilines is 1. The van der Waals surface area contributed by atoms with Crippen LogP contribution in [0.25, 0.3) is 0 Å². The molecule has 22 heavy (non-hydrogen) atoms. The average molecular weight is 314 g/mol. The van der Waals surface area contributed by atoms with E-state index in [1.807, 2.05) is 36.4 Å². The van der Waals surface area contributed by atoms with E-state index in [0.29, 0.717) is 10.6 Å². The molecule has 0 aliphatic rings. The van der Waals surface area contributed by atoms with Crippen molar-refractivity contribution in [1.29, 1.82) is 5.26 Å². The summed E-state index contributed by atoms with van der Waals surface area (Å²) in [6.07, 6.45) is -0.557. The molecule has 5 heteroatoms. The Balaban J connectivity index is 2.02. The summed E-state index contributed by atoms with van der Waals surface area (Å²) in [6.45, 7) is 6.40. The topological polar surface area (TPSA) is 62.1 Å². The van der Waals surface area contributed by atoms with Crippen molar-refractivity contribution >= 4 is 23.1 Å². The first-order chi connectivity index (χ1) is 10.4. The quantitative estimate of drug-likeness (QED) is 0.895. The van der Waals surface area contributed by atoms with Crippen molar-refractivity contribution in [2.24, 2.45) is 0 Å². The number of amides is 1. The van der Waals surface area contributed by atoms with E-state index in [0.717, 1.165) is 10.4 Å². The first-order valence-corrected chi connectivity index (χ1v) is 7.74. The summed E-state index contributed by atoms with van der Waals surface area (Å²) in [5.74, 6) is 0. The molecular weight excluding hydrogens is 296 g/mol. The summed E-state index contributed by atoms with van der Waals surface area (Å²) in [6, 6.07) is 13.4. The normalized spacial score (nSPS) is 10.8. The maximum Gasteiger partial charge on any atom is 0.412 e. The Bertz CT molecular complexity index is 694. The molecule has 0 atom stereocenters. The van der Waals surface area contributed by atoms with Crippen LogP contribution in [0.3, 0.4) is 0 Å². The fraction of sp³-hybridized carbons (Fsp3) is 0.294. The van der Waals surface area contributed by atoms with Gasteiger partial charge in [0.1, 0.15) is 17.6 Å². The zero-order valence-electron chi connectivity index (χ0n) is 12.8. The Hall–Kier alpha value is -2.32. The van der Waals surface area contributed by atoms with Crippen LogP contribution in [0.4, 0.5) is 10.5 Å². The fourth-order valence-corrected chi connectivity index (χ4v) is 2.77. The monoisotopic (exact) mass is 314 g/mol. The molecule has 1 aromatic carbocycles. The average Bonchev–Trinajstić information content (AvgIpc) is 2.89. The van der Waals surface area contributed by atoms with Crippen LogP contribution in [0.1, 0.15) is 36.1 Å². The van der Waals surface area contributed by atoms with Crippen LogP contribution in [0.2, 0.25) is 0 Å². The van der Waals surface area contributed by atoms with Crippen LogP contribution in [-0.2, 0) is 16.8 Å². The second-order valence-corrected chi connectivity index (χ2v) is 6.95. The molecule has 0 aliphatic carbocycles. The van der Waals surface area contributed by atoms with Crippen molar-refractivity contribution in [3.8, 4) is 6.07 Å². The second-order valence-electron chi connectivity index (χ2n) is 5.90. The van der Waals surface area contributed by atoms with Gasteiger partial charge in [-0.15, -0.1) is 11.3 Å². The van der Waals surface area contributed by atoms with Crippen LogP contribution >= 0.6 is 11.3 Å². The summed E-state index contributed by atoms with van der Waals surface area (Å²) in [5.41, 5.74) is 1.36. The third kappa shape index (κ3) is 4.09. The molecule has 1 N–H and O–H groups in total. The number of carbonyl (C=O) groups excluding carboxylic acids is 1. The molecule has 2 aromatic rings. The summed E-state index contributed by atoms with van der Waals surface area (Å²) in [4.78, 5) is 13.4. The van der Waals surface area contributed by atoms with Gasteiger partial charge in [0, 0.05) is 4.88 Å². The Morgan fingerprint density at radius 2 is 2.00 bits per heavy atom. The summed E-state index contributed by atoms with van der Waals surface area (Å²) < 4.78 is 5.17. The summed E-state index contributed by atoms with van der Waals surface area (Å²) in [5, 5.41) is 11.8. The van der Waals surface area contributed by atoms with E-state index in [1.54, 1.807) is 0 Å². The molecule has 2 rings (SSSR count). The predicted octanol–water partition coefficient (Wildman–Crippen LogP) is 4.67. The SMILES string of the molecule is CC(C)(C)c1cc(NC(=O)OCc2ccccc2)c(C#N)s1. The molecule has 0 radical (unpaired) electrons. The molecular formula is C17H18N2O2S. The smallest absolute Gasteiger partial charge is 0.412 e. The van der Waals surface area contributed by atoms with Crippen molar-refractivity contribution in [3.05, 3.63) is 51.7 Å². The third-order valence-corrected chi connectivity index (χ3v) is 4.49. The standard InChI is InChI=1S/C17H18N2O2S/c1-17(2,3)15-9-13(14(10-18)22-15)19-16(20)21-11-12-7-5-4-6-8-12/h4-9H,11H2,1-3H3,(H,19,20). The zero-order chi connectivity index (χ0) is 16.2. The van der Waals surface area contributed by atoms with Gasteiger partial charge in [0.15, 0.2) is 0 Å². The molecule has 0 unspecified atom stereocenters. The van der Waals surface area contributed by atoms with Crippen LogP contribution in [-0.4, -0.2) is 6.09 Å². The Morgan fingerprint density at radius 1 is 1.32 bits per heavy atom. The van der Waals surface area contributed by atoms with E-state index < -0.39 is 6.09 Å². The van der Waals surface area contributed by atoms with Gasteiger partial charge in [-0.2, -0.15) is 5.26 Å². The van der Waals surface area contributed by atoms with Crippen molar-refractivity contribution in [1.82, 2.24) is 0 Å². The van der Waals surface area contributed by atoms with Crippen LogP contribution < -0.4 is 5.32 Å². The van der Waals surface area contributed by atoms with Gasteiger partial charge in [-0.1, -0.05) is 51.1 Å². The van der Waals surface area contributed by atoms with Gasteiger partial charge in [0.25, 0.3) is 0 Å². The number of nitrogens with zero attached hydrogens (tertiary/aromatic N) is 1. The van der Waals surface area contributed by atoms with Crippen molar-refractivity contribution in [2.45, 2.75) is 32.8 Å². The van der Waals surface area contributed by atoms with E-state index in [2.05, 4.69) is 32.2 Å². The Labute approximate surface area is 134 Å². The zero-order valence-corrected chi connectivity index (χ0v) is 13.7. The number of benzene rings is 1. The minimum Gasteiger partial charge on any atom is -0.444 e. The first kappa shape index (κ1) is 16.1. The molecule has 0 aliphatic heterocycles. The van der Waals surface area contributed by atoms with E-state index in [1.165, 1.54) is 11.3 Å². The maximum absolute atomic E-state index is 11.9. The minimum absolute atomic E-state index is 0.0653. The van der Waals surface area contributed by atoms with E-state index in [9.17, 15) is 10.1 Å². The molecule has 0 saturated heterocycles. The number of nitriles is 1. The number of thiophene rings is 1. The van der Waals surface area contributed by atoms with Gasteiger partial charge in [-0.3, -0.25) is 5.32 Å². The number of rotatable bonds is 3. The van der Waals surface area contributed by atoms with E-state index in [-0.39, 0.29) is 12.0 Å². The molecule has 1 aromatic heterocycles. The van der Waals surface area contributed by atoms with Crippen LogP contribution in [0, 0.1) is 11.3 Å². The number of hydrogen-bond acceptors (Lipinski definition) is 4. The molecule has 0 saturated carbocycles. The van der Waals surface area contributed by atoms with Crippen molar-refractivity contribution in [2.75, 3.05) is 5.32 Å². The Kier molecular flexibility index (Phi) is 4.84. The number of nitrogens with one attached hydrogen (secondary N) is 1. The van der Waals surface area contributed by atoms with Gasteiger partial charge in [0.05, 0.1) is 5.69 Å². The molecule has 114 valence electrons. The molecule has 1 heterocycles. The molecule has 1 amide bonds. The van der Waals surface area contributed by atoms with Crippen molar-refractivity contribution in [3.63, 3.8) is 0 Å². The van der Waals surface area contributed by atoms with Crippen LogP contribution in [0.15, 0.2) is 36.4 Å². The number of carbonyl (C=O) groups is 1. The summed E-state index contributed by atoms with van der Waals surface area (Å²) >= 11 is 1.39. The minimum atomic E-state index is -0.557. The molecule has 0 bridgehead atoms. The lowest BCUT2D eigenvalue weighted by Crippen LogP contribution is -2.14. The number of ether oxygens (including phenoxy) is 1. The van der Waals surface area contributed by atoms with Gasteiger partial charge < -0.3 is 4.74 Å². The number of hydrogen-bond donors (Lipinski definition) is 1. The van der Waals surface area contributed by atoms with E-state index in [4.69, 9.17) is 4.74 Å². The molecule has 4 nitrogen and oxygen atoms in total. The largest absolute Gasteiger partial charge is 0.444 e. The van der Waals surface area contributed by atoms with Crippen LogP contribution in [0.5, 0.6) is 0 Å². The predicted molar refractivity (Wildman–Crippen MR) is 88.0 cm³/mol. The highest BCUT2D eigenvalue weighted by Crippen LogP contribution is 2.35. The maximum atomic E-state index is 11.9. The highest BCUT2D eigenvalue weighted by molar-refractivity contribution is 7.13. The molecule has 0 spiro atoms. The van der Waals surface area contributed by atoms with Gasteiger partial charge in [-0.05, 0) is 17.0 Å². The molecule has 0 fully saturated rings. The van der Waals surface area contributed by atoms with Gasteiger partial charge in [0.2, 0.25) is 0 Å². The Morgan fingerprint density at radius 3 is 2.59 bits per heavy atom. The van der Waals surface area contributed by atoms with Gasteiger partial charge >= 0.3 is 6.09 Å². The fourth-order valence-electron chi connectivity index (χ4n) is 1.81. The second kappa shape index (κ2) is 6.63. The highest BCUT2D eigenvalue weighted by atomic mass is 32.1. The van der Waals surface area contributed by atoms with Gasteiger partial charge in [-0.25, -0.2) is 4.79 Å². The first-order valence-electron chi connectivity index (χ1n) is 6.92. The lowest BCUT2D eigenvalue weighted by atomic mass is 9.95. The van der Waals surface area contributed by atoms with E-state index >= 15 is 0 Å². The third-order valence-electron chi connectivity index (χ3n) is 3.02. The van der Waals surface area contributed by atoms with Crippen molar-refractivity contribution < 1.29 is 9.53 Å². The lowest BCUT2D eigenvalue weighted by Gasteiger charge is -2.15. The summed E-state index contributed by atoms with van der Waals surface area (Å²) in [7, 11) is 0.